The fourth-order valence-electron chi connectivity index (χ4n) is 3.64. The van der Waals surface area contributed by atoms with Gasteiger partial charge in [0.25, 0.3) is 0 Å². The summed E-state index contributed by atoms with van der Waals surface area (Å²) in [6.45, 7) is 1.01. The smallest absolute Gasteiger partial charge is 0.338 e. The lowest BCUT2D eigenvalue weighted by Gasteiger charge is -2.39. The first-order chi connectivity index (χ1) is 13.5. The van der Waals surface area contributed by atoms with Gasteiger partial charge in [-0.25, -0.2) is 19.6 Å². The zero-order valence-electron chi connectivity index (χ0n) is 15.1. The average molecular weight is 403 g/mol. The maximum absolute atomic E-state index is 13.5. The van der Waals surface area contributed by atoms with Crippen molar-refractivity contribution in [3.8, 4) is 0 Å². The fourth-order valence-corrected chi connectivity index (χ4v) is 3.84. The van der Waals surface area contributed by atoms with E-state index in [9.17, 15) is 14.0 Å². The quantitative estimate of drug-likeness (QED) is 0.829. The summed E-state index contributed by atoms with van der Waals surface area (Å²) < 4.78 is 13.5. The summed E-state index contributed by atoms with van der Waals surface area (Å²) in [6, 6.07) is 12.8. The topological polar surface area (TPSA) is 64.7 Å². The van der Waals surface area contributed by atoms with Gasteiger partial charge in [0.15, 0.2) is 0 Å². The van der Waals surface area contributed by atoms with E-state index < -0.39 is 11.5 Å². The summed E-state index contributed by atoms with van der Waals surface area (Å²) in [4.78, 5) is 26.8. The van der Waals surface area contributed by atoms with Crippen molar-refractivity contribution in [2.45, 2.75) is 24.9 Å². The molecule has 2 aromatic rings. The van der Waals surface area contributed by atoms with Crippen LogP contribution in [0, 0.1) is 5.82 Å². The van der Waals surface area contributed by atoms with Crippen LogP contribution in [-0.4, -0.2) is 35.6 Å². The highest BCUT2D eigenvalue weighted by molar-refractivity contribution is 6.31. The predicted molar refractivity (Wildman–Crippen MR) is 104 cm³/mol. The summed E-state index contributed by atoms with van der Waals surface area (Å²) in [7, 11) is 0. The second-order valence-corrected chi connectivity index (χ2v) is 7.50. The lowest BCUT2D eigenvalue weighted by Crippen LogP contribution is -2.58. The predicted octanol–water partition coefficient (Wildman–Crippen LogP) is 3.07. The van der Waals surface area contributed by atoms with E-state index in [0.717, 1.165) is 5.56 Å². The SMILES string of the molecule is O=C(Cc1ccccc1Cl)N1CCC2(CC1)NC(=O)N(c1cccc(F)c1)N2. The van der Waals surface area contributed by atoms with Gasteiger partial charge in [0.2, 0.25) is 5.91 Å². The Morgan fingerprint density at radius 2 is 1.89 bits per heavy atom. The molecular formula is C20H20ClFN4O2. The fraction of sp³-hybridized carbons (Fsp3) is 0.300. The highest BCUT2D eigenvalue weighted by Crippen LogP contribution is 2.28. The standard InChI is InChI=1S/C20H20ClFN4O2/c21-17-7-2-1-4-14(17)12-18(27)25-10-8-20(9-11-25)23-19(28)26(24-20)16-6-3-5-15(22)13-16/h1-7,13,24H,8-12H2,(H,23,28). The first kappa shape index (κ1) is 18.7. The Labute approximate surface area is 167 Å². The molecule has 2 aliphatic rings. The molecule has 3 amide bonds. The Bertz CT molecular complexity index is 915. The molecule has 0 atom stereocenters. The number of piperidine rings is 1. The summed E-state index contributed by atoms with van der Waals surface area (Å²) in [6.07, 6.45) is 1.36. The van der Waals surface area contributed by atoms with E-state index in [4.69, 9.17) is 11.6 Å². The van der Waals surface area contributed by atoms with Gasteiger partial charge in [-0.05, 0) is 29.8 Å². The lowest BCUT2D eigenvalue weighted by molar-refractivity contribution is -0.132. The van der Waals surface area contributed by atoms with E-state index in [1.807, 2.05) is 18.2 Å². The van der Waals surface area contributed by atoms with Gasteiger partial charge in [0.05, 0.1) is 12.1 Å². The number of amides is 3. The number of urea groups is 1. The average Bonchev–Trinajstić information content (AvgIpc) is 3.00. The summed E-state index contributed by atoms with van der Waals surface area (Å²) in [5.74, 6) is -0.401. The number of hydrogen-bond donors (Lipinski definition) is 2. The first-order valence-corrected chi connectivity index (χ1v) is 9.50. The molecule has 0 aromatic heterocycles. The van der Waals surface area contributed by atoms with Crippen LogP contribution in [0.2, 0.25) is 5.02 Å². The third-order valence-electron chi connectivity index (χ3n) is 5.21. The number of benzene rings is 2. The Morgan fingerprint density at radius 1 is 1.14 bits per heavy atom. The maximum atomic E-state index is 13.5. The normalized spacial score (nSPS) is 18.4. The molecule has 4 rings (SSSR count). The molecule has 2 aromatic carbocycles. The van der Waals surface area contributed by atoms with Gasteiger partial charge >= 0.3 is 6.03 Å². The minimum absolute atomic E-state index is 0.00857. The number of carbonyl (C=O) groups excluding carboxylic acids is 2. The van der Waals surface area contributed by atoms with Gasteiger partial charge in [-0.15, -0.1) is 0 Å². The van der Waals surface area contributed by atoms with Crippen molar-refractivity contribution in [1.82, 2.24) is 15.6 Å². The van der Waals surface area contributed by atoms with Gasteiger partial charge in [-0.1, -0.05) is 35.9 Å². The largest absolute Gasteiger partial charge is 0.342 e. The number of anilines is 1. The molecule has 2 N–H and O–H groups in total. The second-order valence-electron chi connectivity index (χ2n) is 7.09. The van der Waals surface area contributed by atoms with Crippen LogP contribution < -0.4 is 15.8 Å². The molecule has 8 heteroatoms. The molecule has 0 bridgehead atoms. The van der Waals surface area contributed by atoms with Crippen LogP contribution in [0.4, 0.5) is 14.9 Å². The number of carbonyl (C=O) groups is 2. The molecule has 0 aliphatic carbocycles. The molecular weight excluding hydrogens is 383 g/mol. The number of likely N-dealkylation sites (tertiary alicyclic amines) is 1. The van der Waals surface area contributed by atoms with Crippen molar-refractivity contribution in [1.29, 1.82) is 0 Å². The third kappa shape index (κ3) is 3.68. The number of nitrogens with zero attached hydrogens (tertiary/aromatic N) is 2. The van der Waals surface area contributed by atoms with Crippen LogP contribution in [-0.2, 0) is 11.2 Å². The molecule has 2 fully saturated rings. The third-order valence-corrected chi connectivity index (χ3v) is 5.58. The van der Waals surface area contributed by atoms with Crippen LogP contribution in [0.25, 0.3) is 0 Å². The number of nitrogens with one attached hydrogen (secondary N) is 2. The van der Waals surface area contributed by atoms with Crippen molar-refractivity contribution in [3.63, 3.8) is 0 Å². The minimum Gasteiger partial charge on any atom is -0.342 e. The molecule has 0 saturated carbocycles. The van der Waals surface area contributed by atoms with E-state index >= 15 is 0 Å². The van der Waals surface area contributed by atoms with Crippen LogP contribution >= 0.6 is 11.6 Å². The van der Waals surface area contributed by atoms with E-state index in [-0.39, 0.29) is 18.4 Å². The lowest BCUT2D eigenvalue weighted by atomic mass is 9.97. The molecule has 6 nitrogen and oxygen atoms in total. The van der Waals surface area contributed by atoms with Crippen molar-refractivity contribution in [2.75, 3.05) is 18.1 Å². The Morgan fingerprint density at radius 3 is 2.61 bits per heavy atom. The van der Waals surface area contributed by atoms with Gasteiger partial charge < -0.3 is 10.2 Å². The Hall–Kier alpha value is -2.64. The van der Waals surface area contributed by atoms with Gasteiger partial charge in [0, 0.05) is 31.0 Å². The molecule has 0 unspecified atom stereocenters. The van der Waals surface area contributed by atoms with E-state index in [0.29, 0.717) is 36.6 Å². The van der Waals surface area contributed by atoms with Crippen molar-refractivity contribution in [2.24, 2.45) is 0 Å². The summed E-state index contributed by atoms with van der Waals surface area (Å²) >= 11 is 6.15. The highest BCUT2D eigenvalue weighted by atomic mass is 35.5. The van der Waals surface area contributed by atoms with Crippen molar-refractivity contribution >= 4 is 29.2 Å². The van der Waals surface area contributed by atoms with Crippen molar-refractivity contribution < 1.29 is 14.0 Å². The molecule has 2 saturated heterocycles. The summed E-state index contributed by atoms with van der Waals surface area (Å²) in [5, 5.41) is 4.86. The van der Waals surface area contributed by atoms with E-state index in [1.54, 1.807) is 23.1 Å². The number of rotatable bonds is 3. The second kappa shape index (κ2) is 7.41. The number of halogens is 2. The molecule has 1 spiro atoms. The molecule has 2 heterocycles. The van der Waals surface area contributed by atoms with Gasteiger partial charge in [-0.3, -0.25) is 4.79 Å². The molecule has 0 radical (unpaired) electrons. The Kier molecular flexibility index (Phi) is 4.95. The highest BCUT2D eigenvalue weighted by Gasteiger charge is 2.45. The van der Waals surface area contributed by atoms with Gasteiger partial charge in [-0.2, -0.15) is 0 Å². The van der Waals surface area contributed by atoms with E-state index in [1.165, 1.54) is 17.1 Å². The zero-order chi connectivity index (χ0) is 19.7. The van der Waals surface area contributed by atoms with Gasteiger partial charge in [0.1, 0.15) is 11.5 Å². The van der Waals surface area contributed by atoms with Crippen LogP contribution in [0.1, 0.15) is 18.4 Å². The summed E-state index contributed by atoms with van der Waals surface area (Å²) in [5.41, 5.74) is 3.77. The monoisotopic (exact) mass is 402 g/mol. The van der Waals surface area contributed by atoms with Crippen molar-refractivity contribution in [3.05, 3.63) is 64.9 Å². The zero-order valence-corrected chi connectivity index (χ0v) is 15.9. The maximum Gasteiger partial charge on any atom is 0.338 e. The number of hydrazine groups is 1. The van der Waals surface area contributed by atoms with Crippen LogP contribution in [0.5, 0.6) is 0 Å². The van der Waals surface area contributed by atoms with Crippen LogP contribution in [0.15, 0.2) is 48.5 Å². The number of hydrogen-bond acceptors (Lipinski definition) is 3. The van der Waals surface area contributed by atoms with Crippen LogP contribution in [0.3, 0.4) is 0 Å². The molecule has 146 valence electrons. The molecule has 28 heavy (non-hydrogen) atoms. The minimum atomic E-state index is -0.634. The van der Waals surface area contributed by atoms with E-state index in [2.05, 4.69) is 10.7 Å². The Balaban J connectivity index is 1.39. The molecule has 2 aliphatic heterocycles. The first-order valence-electron chi connectivity index (χ1n) is 9.13.